The molecule has 9 nitrogen and oxygen atoms in total. The Kier molecular flexibility index (Phi) is 8.34. The van der Waals surface area contributed by atoms with Crippen LogP contribution in [0.3, 0.4) is 0 Å². The quantitative estimate of drug-likeness (QED) is 0.139. The van der Waals surface area contributed by atoms with E-state index < -0.39 is 24.5 Å². The van der Waals surface area contributed by atoms with Crippen molar-refractivity contribution in [3.05, 3.63) is 35.2 Å². The lowest BCUT2D eigenvalue weighted by molar-refractivity contribution is -0.153. The molecule has 0 aliphatic rings. The number of nitrogens with one attached hydrogen (secondary N) is 3. The van der Waals surface area contributed by atoms with Crippen LogP contribution in [0.25, 0.3) is 0 Å². The lowest BCUT2D eigenvalue weighted by Crippen LogP contribution is -2.40. The van der Waals surface area contributed by atoms with Crippen molar-refractivity contribution in [1.29, 1.82) is 0 Å². The van der Waals surface area contributed by atoms with E-state index in [1.165, 1.54) is 27.1 Å². The van der Waals surface area contributed by atoms with E-state index in [1.807, 2.05) is 0 Å². The predicted molar refractivity (Wildman–Crippen MR) is 106 cm³/mol. The summed E-state index contributed by atoms with van der Waals surface area (Å²) in [5.74, 6) is -5.20. The van der Waals surface area contributed by atoms with E-state index in [1.54, 1.807) is 13.0 Å². The lowest BCUT2D eigenvalue weighted by atomic mass is 10.00. The maximum Gasteiger partial charge on any atom is 0.319 e. The molecule has 0 atom stereocenters. The predicted octanol–water partition coefficient (Wildman–Crippen LogP) is 0.372. The highest BCUT2D eigenvalue weighted by Crippen LogP contribution is 2.34. The van der Waals surface area contributed by atoms with Gasteiger partial charge in [0.1, 0.15) is 18.3 Å². The Labute approximate surface area is 167 Å². The molecule has 0 aliphatic heterocycles. The van der Waals surface area contributed by atoms with Gasteiger partial charge in [0.25, 0.3) is 0 Å². The summed E-state index contributed by atoms with van der Waals surface area (Å²) in [6, 6.07) is 3.10. The molecule has 0 spiro atoms. The zero-order valence-electron chi connectivity index (χ0n) is 16.7. The zero-order chi connectivity index (χ0) is 22.2. The van der Waals surface area contributed by atoms with Crippen molar-refractivity contribution in [2.75, 3.05) is 32.7 Å². The molecule has 29 heavy (non-hydrogen) atoms. The van der Waals surface area contributed by atoms with Crippen LogP contribution in [0, 0.1) is 6.92 Å². The molecule has 0 aromatic heterocycles. The number of aliphatic hydroxyl groups is 2. The van der Waals surface area contributed by atoms with E-state index in [0.717, 1.165) is 6.20 Å². The van der Waals surface area contributed by atoms with Gasteiger partial charge in [-0.2, -0.15) is 8.78 Å². The van der Waals surface area contributed by atoms with Crippen molar-refractivity contribution >= 4 is 17.8 Å². The van der Waals surface area contributed by atoms with Crippen LogP contribution in [0.1, 0.15) is 18.1 Å². The number of alkyl halides is 2. The average molecular weight is 415 g/mol. The molecule has 0 bridgehead atoms. The number of methoxy groups -OCH3 is 1. The minimum atomic E-state index is -3.56. The fraction of sp³-hybridized carbons (Fsp3) is 0.444. The van der Waals surface area contributed by atoms with E-state index in [-0.39, 0.29) is 23.8 Å². The van der Waals surface area contributed by atoms with Crippen molar-refractivity contribution in [1.82, 2.24) is 10.6 Å². The first kappa shape index (κ1) is 24.1. The molecule has 1 aromatic rings. The summed E-state index contributed by atoms with van der Waals surface area (Å²) in [6.45, 7) is 1.89. The Morgan fingerprint density at radius 3 is 2.52 bits per heavy atom. The molecule has 11 heteroatoms. The molecule has 0 amide bonds. The molecule has 0 aliphatic carbocycles. The Morgan fingerprint density at radius 1 is 1.38 bits per heavy atom. The molecule has 0 saturated carbocycles. The lowest BCUT2D eigenvalue weighted by Gasteiger charge is -2.22. The number of amidine groups is 1. The molecule has 1 rings (SSSR count). The van der Waals surface area contributed by atoms with E-state index >= 15 is 0 Å². The number of hydrogen-bond acceptors (Lipinski definition) is 8. The number of likely N-dealkylation sites (N-methyl/N-ethyl adjacent to an activating group) is 1. The number of nitrogens with two attached hydrogens (primary N) is 1. The highest BCUT2D eigenvalue weighted by molar-refractivity contribution is 5.97. The van der Waals surface area contributed by atoms with Crippen LogP contribution >= 0.6 is 0 Å². The summed E-state index contributed by atoms with van der Waals surface area (Å²) in [7, 11) is 2.96. The number of aliphatic imine (C=N–C) groups is 1. The number of rotatable bonds is 10. The summed E-state index contributed by atoms with van der Waals surface area (Å²) in [5, 5.41) is 27.7. The second-order valence-electron chi connectivity index (χ2n) is 6.24. The molecule has 0 saturated heterocycles. The maximum atomic E-state index is 13.2. The highest BCUT2D eigenvalue weighted by Gasteiger charge is 2.28. The number of nitrogens with zero attached hydrogens (tertiary/aromatic N) is 1. The van der Waals surface area contributed by atoms with Gasteiger partial charge in [0.15, 0.2) is 12.1 Å². The largest absolute Gasteiger partial charge is 0.494 e. The Balaban J connectivity index is 3.07. The van der Waals surface area contributed by atoms with E-state index in [4.69, 9.17) is 10.5 Å². The third-order valence-electron chi connectivity index (χ3n) is 3.98. The van der Waals surface area contributed by atoms with E-state index in [0.29, 0.717) is 17.0 Å². The number of anilines is 1. The van der Waals surface area contributed by atoms with Gasteiger partial charge in [-0.05, 0) is 19.9 Å². The molecule has 0 heterocycles. The van der Waals surface area contributed by atoms with E-state index in [9.17, 15) is 23.8 Å². The third-order valence-corrected chi connectivity index (χ3v) is 3.98. The summed E-state index contributed by atoms with van der Waals surface area (Å²) in [6.07, 6.45) is 0.695. The Morgan fingerprint density at radius 2 is 2.03 bits per heavy atom. The summed E-state index contributed by atoms with van der Waals surface area (Å²) >= 11 is 0. The standard InChI is InChI=1S/C18H27F2N5O4/c1-11-12(17(2,27)28)5-6-13(15(11)29-4)24-10-25-16(14(7-21)22-3)23-8-18(19,20)9-26/h5-7,9,22,24,27-28H,8,10,21H2,1-4H3,(H,23,25). The first-order valence-corrected chi connectivity index (χ1v) is 8.60. The van der Waals surface area contributed by atoms with Crippen LogP contribution in [0.4, 0.5) is 14.5 Å². The van der Waals surface area contributed by atoms with Gasteiger partial charge in [-0.1, -0.05) is 6.07 Å². The number of carbonyl (C=O) groups excluding carboxylic acids is 1. The SMILES string of the molecule is CNC(=CN)C(=NCNc1ccc(C(C)(O)O)c(C)c1OC)NCC(F)(F)C=O. The topological polar surface area (TPSA) is 141 Å². The molecule has 0 unspecified atom stereocenters. The zero-order valence-corrected chi connectivity index (χ0v) is 16.7. The van der Waals surface area contributed by atoms with Crippen LogP contribution in [-0.4, -0.2) is 55.6 Å². The highest BCUT2D eigenvalue weighted by atomic mass is 19.3. The first-order chi connectivity index (χ1) is 13.5. The minimum absolute atomic E-state index is 0.0228. The molecular formula is C18H27F2N5O4. The number of aldehydes is 1. The van der Waals surface area contributed by atoms with Gasteiger partial charge in [0, 0.05) is 24.4 Å². The second kappa shape index (κ2) is 10.0. The number of halogens is 2. The van der Waals surface area contributed by atoms with Gasteiger partial charge < -0.3 is 36.6 Å². The van der Waals surface area contributed by atoms with Crippen LogP contribution in [0.5, 0.6) is 5.75 Å². The molecule has 162 valence electrons. The Bertz CT molecular complexity index is 776. The fourth-order valence-corrected chi connectivity index (χ4v) is 2.57. The van der Waals surface area contributed by atoms with Gasteiger partial charge in [-0.15, -0.1) is 0 Å². The smallest absolute Gasteiger partial charge is 0.319 e. The van der Waals surface area contributed by atoms with Crippen molar-refractivity contribution in [2.45, 2.75) is 25.6 Å². The van der Waals surface area contributed by atoms with Crippen LogP contribution in [0.15, 0.2) is 29.0 Å². The minimum Gasteiger partial charge on any atom is -0.494 e. The molecule has 7 N–H and O–H groups in total. The van der Waals surface area contributed by atoms with Crippen molar-refractivity contribution in [3.8, 4) is 5.75 Å². The summed E-state index contributed by atoms with van der Waals surface area (Å²) in [4.78, 5) is 14.6. The second-order valence-corrected chi connectivity index (χ2v) is 6.24. The number of benzene rings is 1. The van der Waals surface area contributed by atoms with Crippen molar-refractivity contribution in [3.63, 3.8) is 0 Å². The summed E-state index contributed by atoms with van der Waals surface area (Å²) in [5.41, 5.74) is 7.01. The Hall–Kier alpha value is -2.92. The van der Waals surface area contributed by atoms with Gasteiger partial charge in [-0.25, -0.2) is 4.99 Å². The molecule has 0 radical (unpaired) electrons. The normalized spacial score (nSPS) is 13.1. The van der Waals surface area contributed by atoms with Gasteiger partial charge in [0.05, 0.1) is 25.0 Å². The molecular weight excluding hydrogens is 388 g/mol. The van der Waals surface area contributed by atoms with Crippen LogP contribution in [-0.2, 0) is 10.6 Å². The first-order valence-electron chi connectivity index (χ1n) is 8.60. The van der Waals surface area contributed by atoms with Crippen molar-refractivity contribution < 1.29 is 28.5 Å². The van der Waals surface area contributed by atoms with Gasteiger partial charge >= 0.3 is 5.92 Å². The fourth-order valence-electron chi connectivity index (χ4n) is 2.57. The molecule has 0 fully saturated rings. The number of ether oxygens (including phenoxy) is 1. The van der Waals surface area contributed by atoms with Crippen LogP contribution < -0.4 is 26.4 Å². The van der Waals surface area contributed by atoms with Gasteiger partial charge in [-0.3, -0.25) is 4.79 Å². The maximum absolute atomic E-state index is 13.2. The number of carbonyl (C=O) groups is 1. The third kappa shape index (κ3) is 6.57. The van der Waals surface area contributed by atoms with Crippen molar-refractivity contribution in [2.24, 2.45) is 10.7 Å². The monoisotopic (exact) mass is 415 g/mol. The number of hydrogen-bond donors (Lipinski definition) is 6. The van der Waals surface area contributed by atoms with Gasteiger partial charge in [0.2, 0.25) is 0 Å². The average Bonchev–Trinajstić information content (AvgIpc) is 2.65. The summed E-state index contributed by atoms with van der Waals surface area (Å²) < 4.78 is 31.8. The van der Waals surface area contributed by atoms with E-state index in [2.05, 4.69) is 20.9 Å². The molecule has 1 aromatic carbocycles. The van der Waals surface area contributed by atoms with Crippen LogP contribution in [0.2, 0.25) is 0 Å².